The number of nitrogens with zero attached hydrogens (tertiary/aromatic N) is 2. The molecule has 1 N–H and O–H groups in total. The first-order valence-corrected chi connectivity index (χ1v) is 9.03. The fourth-order valence-electron chi connectivity index (χ4n) is 2.81. The predicted molar refractivity (Wildman–Crippen MR) is 97.0 cm³/mol. The van der Waals surface area contributed by atoms with Crippen LogP contribution in [0, 0.1) is 5.92 Å². The summed E-state index contributed by atoms with van der Waals surface area (Å²) in [6, 6.07) is 7.77. The van der Waals surface area contributed by atoms with Gasteiger partial charge in [-0.25, -0.2) is 0 Å². The number of hydrogen-bond donors (Lipinski definition) is 1. The molecule has 0 unspecified atom stereocenters. The molecule has 1 heterocycles. The van der Waals surface area contributed by atoms with Gasteiger partial charge in [-0.3, -0.25) is 4.79 Å². The second-order valence-corrected chi connectivity index (χ2v) is 6.89. The number of nitrogens with one attached hydrogen (secondary N) is 1. The van der Waals surface area contributed by atoms with Crippen LogP contribution in [0.5, 0.6) is 5.75 Å². The molecule has 1 aromatic heterocycles. The third kappa shape index (κ3) is 4.41. The Morgan fingerprint density at radius 3 is 2.62 bits per heavy atom. The quantitative estimate of drug-likeness (QED) is 0.882. The zero-order chi connectivity index (χ0) is 16.8. The van der Waals surface area contributed by atoms with Gasteiger partial charge in [0, 0.05) is 5.92 Å². The lowest BCUT2D eigenvalue weighted by Gasteiger charge is -2.19. The van der Waals surface area contributed by atoms with Crippen LogP contribution >= 0.6 is 11.3 Å². The lowest BCUT2D eigenvalue weighted by atomic mass is 9.89. The molecular formula is C18H21N3O2S. The third-order valence-corrected chi connectivity index (χ3v) is 4.98. The summed E-state index contributed by atoms with van der Waals surface area (Å²) in [5, 5.41) is 12.4. The lowest BCUT2D eigenvalue weighted by Crippen LogP contribution is -2.24. The molecule has 0 radical (unpaired) electrons. The Hall–Kier alpha value is -2.21. The van der Waals surface area contributed by atoms with Crippen molar-refractivity contribution in [2.24, 2.45) is 5.92 Å². The maximum absolute atomic E-state index is 12.2. The van der Waals surface area contributed by atoms with E-state index < -0.39 is 0 Å². The van der Waals surface area contributed by atoms with Gasteiger partial charge in [0.15, 0.2) is 0 Å². The molecule has 1 aromatic carbocycles. The number of carbonyl (C=O) groups excluding carboxylic acids is 1. The molecule has 1 saturated carbocycles. The van der Waals surface area contributed by atoms with Crippen LogP contribution in [-0.4, -0.2) is 23.2 Å². The van der Waals surface area contributed by atoms with Crippen LogP contribution in [0.25, 0.3) is 12.2 Å². The van der Waals surface area contributed by atoms with Crippen LogP contribution in [0.15, 0.2) is 24.3 Å². The molecule has 3 rings (SSSR count). The van der Waals surface area contributed by atoms with Crippen molar-refractivity contribution in [3.8, 4) is 5.75 Å². The molecule has 0 spiro atoms. The summed E-state index contributed by atoms with van der Waals surface area (Å²) < 4.78 is 5.14. The van der Waals surface area contributed by atoms with E-state index in [0.29, 0.717) is 5.13 Å². The minimum absolute atomic E-state index is 0.0801. The fourth-order valence-corrected chi connectivity index (χ4v) is 3.46. The van der Waals surface area contributed by atoms with Crippen molar-refractivity contribution in [2.75, 3.05) is 12.4 Å². The van der Waals surface area contributed by atoms with Gasteiger partial charge in [-0.1, -0.05) is 48.8 Å². The molecule has 0 saturated heterocycles. The van der Waals surface area contributed by atoms with Crippen molar-refractivity contribution >= 4 is 34.5 Å². The average Bonchev–Trinajstić information content (AvgIpc) is 3.08. The molecule has 2 aromatic rings. The van der Waals surface area contributed by atoms with Crippen LogP contribution in [0.4, 0.5) is 5.13 Å². The van der Waals surface area contributed by atoms with E-state index in [1.807, 2.05) is 36.4 Å². The van der Waals surface area contributed by atoms with Crippen molar-refractivity contribution in [3.63, 3.8) is 0 Å². The highest BCUT2D eigenvalue weighted by atomic mass is 32.1. The summed E-state index contributed by atoms with van der Waals surface area (Å²) in [6.45, 7) is 0. The average molecular weight is 343 g/mol. The van der Waals surface area contributed by atoms with Crippen molar-refractivity contribution in [2.45, 2.75) is 32.1 Å². The Morgan fingerprint density at radius 2 is 1.92 bits per heavy atom. The SMILES string of the molecule is COc1ccc(C=Cc2nnc(NC(=O)C3CCCCC3)s2)cc1. The minimum Gasteiger partial charge on any atom is -0.497 e. The van der Waals surface area contributed by atoms with E-state index in [2.05, 4.69) is 15.5 Å². The molecule has 1 amide bonds. The number of methoxy groups -OCH3 is 1. The molecule has 24 heavy (non-hydrogen) atoms. The third-order valence-electron chi connectivity index (χ3n) is 4.18. The van der Waals surface area contributed by atoms with Crippen LogP contribution in [0.2, 0.25) is 0 Å². The van der Waals surface area contributed by atoms with Gasteiger partial charge in [-0.05, 0) is 36.6 Å². The molecule has 1 fully saturated rings. The van der Waals surface area contributed by atoms with Gasteiger partial charge >= 0.3 is 0 Å². The molecule has 0 bridgehead atoms. The van der Waals surface area contributed by atoms with Gasteiger partial charge in [0.1, 0.15) is 10.8 Å². The molecule has 1 aliphatic carbocycles. The lowest BCUT2D eigenvalue weighted by molar-refractivity contribution is -0.120. The standard InChI is InChI=1S/C18H21N3O2S/c1-23-15-10-7-13(8-11-15)9-12-16-20-21-18(24-16)19-17(22)14-5-3-2-4-6-14/h7-12,14H,2-6H2,1H3,(H,19,21,22). The van der Waals surface area contributed by atoms with Gasteiger partial charge in [-0.2, -0.15) is 0 Å². The number of anilines is 1. The number of amides is 1. The highest BCUT2D eigenvalue weighted by molar-refractivity contribution is 7.16. The molecule has 0 aliphatic heterocycles. The Morgan fingerprint density at radius 1 is 1.17 bits per heavy atom. The fraction of sp³-hybridized carbons (Fsp3) is 0.389. The zero-order valence-electron chi connectivity index (χ0n) is 13.7. The van der Waals surface area contributed by atoms with Crippen molar-refractivity contribution in [1.82, 2.24) is 10.2 Å². The van der Waals surface area contributed by atoms with Crippen LogP contribution in [-0.2, 0) is 4.79 Å². The van der Waals surface area contributed by atoms with Crippen molar-refractivity contribution in [3.05, 3.63) is 34.8 Å². The normalized spacial score (nSPS) is 15.5. The van der Waals surface area contributed by atoms with Gasteiger partial charge in [0.25, 0.3) is 0 Å². The topological polar surface area (TPSA) is 64.1 Å². The Bertz CT molecular complexity index is 703. The smallest absolute Gasteiger partial charge is 0.229 e. The second kappa shape index (κ2) is 8.06. The minimum atomic E-state index is 0.0801. The van der Waals surface area contributed by atoms with E-state index in [9.17, 15) is 4.79 Å². The number of benzene rings is 1. The Labute approximate surface area is 145 Å². The van der Waals surface area contributed by atoms with E-state index in [0.717, 1.165) is 42.0 Å². The second-order valence-electron chi connectivity index (χ2n) is 5.88. The Balaban J connectivity index is 1.58. The molecular weight excluding hydrogens is 322 g/mol. The van der Waals surface area contributed by atoms with Crippen LogP contribution < -0.4 is 10.1 Å². The zero-order valence-corrected chi connectivity index (χ0v) is 14.5. The van der Waals surface area contributed by atoms with Gasteiger partial charge in [-0.15, -0.1) is 10.2 Å². The van der Waals surface area contributed by atoms with Gasteiger partial charge in [0.2, 0.25) is 11.0 Å². The first kappa shape index (κ1) is 16.6. The number of ether oxygens (including phenoxy) is 1. The highest BCUT2D eigenvalue weighted by Crippen LogP contribution is 2.26. The van der Waals surface area contributed by atoms with E-state index in [4.69, 9.17) is 4.74 Å². The summed E-state index contributed by atoms with van der Waals surface area (Å²) >= 11 is 1.39. The summed E-state index contributed by atoms with van der Waals surface area (Å²) in [5.74, 6) is 1.04. The number of carbonyl (C=O) groups is 1. The maximum atomic E-state index is 12.2. The van der Waals surface area contributed by atoms with E-state index in [1.165, 1.54) is 17.8 Å². The predicted octanol–water partition coefficient (Wildman–Crippen LogP) is 4.24. The van der Waals surface area contributed by atoms with E-state index in [-0.39, 0.29) is 11.8 Å². The molecule has 6 heteroatoms. The van der Waals surface area contributed by atoms with Crippen LogP contribution in [0.1, 0.15) is 42.7 Å². The first-order chi connectivity index (χ1) is 11.7. The summed E-state index contributed by atoms with van der Waals surface area (Å²) in [7, 11) is 1.65. The van der Waals surface area contributed by atoms with Crippen molar-refractivity contribution < 1.29 is 9.53 Å². The molecule has 0 atom stereocenters. The van der Waals surface area contributed by atoms with Gasteiger partial charge < -0.3 is 10.1 Å². The largest absolute Gasteiger partial charge is 0.497 e. The maximum Gasteiger partial charge on any atom is 0.229 e. The molecule has 5 nitrogen and oxygen atoms in total. The summed E-state index contributed by atoms with van der Waals surface area (Å²) in [5.41, 5.74) is 1.05. The number of aromatic nitrogens is 2. The Kier molecular flexibility index (Phi) is 5.59. The van der Waals surface area contributed by atoms with Crippen LogP contribution in [0.3, 0.4) is 0 Å². The van der Waals surface area contributed by atoms with Gasteiger partial charge in [0.05, 0.1) is 7.11 Å². The monoisotopic (exact) mass is 343 g/mol. The molecule has 126 valence electrons. The van der Waals surface area contributed by atoms with E-state index >= 15 is 0 Å². The van der Waals surface area contributed by atoms with Crippen molar-refractivity contribution in [1.29, 1.82) is 0 Å². The highest BCUT2D eigenvalue weighted by Gasteiger charge is 2.21. The first-order valence-electron chi connectivity index (χ1n) is 8.21. The summed E-state index contributed by atoms with van der Waals surface area (Å²) in [6.07, 6.45) is 9.35. The number of hydrogen-bond acceptors (Lipinski definition) is 5. The summed E-state index contributed by atoms with van der Waals surface area (Å²) in [4.78, 5) is 12.2. The van der Waals surface area contributed by atoms with E-state index in [1.54, 1.807) is 7.11 Å². The number of rotatable bonds is 5. The molecule has 1 aliphatic rings.